The second kappa shape index (κ2) is 9.20. The third-order valence-corrected chi connectivity index (χ3v) is 3.26. The molecule has 1 rings (SSSR count). The SMILES string of the molecule is CC(=O)N/N=C/c1ccc(OCCN(C(C)C)C(C)C)cc1. The third-order valence-electron chi connectivity index (χ3n) is 3.26. The fraction of sp³-hybridized carbons (Fsp3) is 0.529. The van der Waals surface area contributed by atoms with Gasteiger partial charge in [0.25, 0.3) is 0 Å². The zero-order valence-corrected chi connectivity index (χ0v) is 14.2. The molecular weight excluding hydrogens is 278 g/mol. The maximum absolute atomic E-state index is 10.7. The van der Waals surface area contributed by atoms with E-state index in [1.54, 1.807) is 6.21 Å². The normalized spacial score (nSPS) is 11.6. The molecule has 0 saturated heterocycles. The first-order valence-electron chi connectivity index (χ1n) is 7.68. The summed E-state index contributed by atoms with van der Waals surface area (Å²) in [5.41, 5.74) is 3.28. The quantitative estimate of drug-likeness (QED) is 0.593. The molecule has 0 radical (unpaired) electrons. The molecule has 1 amide bonds. The number of carbonyl (C=O) groups excluding carboxylic acids is 1. The first-order valence-corrected chi connectivity index (χ1v) is 7.68. The zero-order chi connectivity index (χ0) is 16.5. The summed E-state index contributed by atoms with van der Waals surface area (Å²) in [6, 6.07) is 8.65. The third kappa shape index (κ3) is 6.72. The lowest BCUT2D eigenvalue weighted by Gasteiger charge is -2.30. The van der Waals surface area contributed by atoms with Crippen molar-refractivity contribution in [1.82, 2.24) is 10.3 Å². The van der Waals surface area contributed by atoms with Crippen molar-refractivity contribution in [2.24, 2.45) is 5.10 Å². The minimum Gasteiger partial charge on any atom is -0.492 e. The molecule has 0 aromatic heterocycles. The van der Waals surface area contributed by atoms with Gasteiger partial charge in [-0.2, -0.15) is 5.10 Å². The van der Waals surface area contributed by atoms with Gasteiger partial charge in [-0.1, -0.05) is 0 Å². The Morgan fingerprint density at radius 1 is 1.23 bits per heavy atom. The Morgan fingerprint density at radius 3 is 2.32 bits per heavy atom. The molecule has 0 bridgehead atoms. The molecular formula is C17H27N3O2. The van der Waals surface area contributed by atoms with Gasteiger partial charge in [-0.25, -0.2) is 5.43 Å². The molecule has 1 N–H and O–H groups in total. The van der Waals surface area contributed by atoms with Crippen LogP contribution in [-0.2, 0) is 4.79 Å². The number of hydrogen-bond acceptors (Lipinski definition) is 4. The van der Waals surface area contributed by atoms with Crippen LogP contribution in [0.15, 0.2) is 29.4 Å². The Kier molecular flexibility index (Phi) is 7.60. The maximum atomic E-state index is 10.7. The fourth-order valence-corrected chi connectivity index (χ4v) is 2.23. The zero-order valence-electron chi connectivity index (χ0n) is 14.2. The number of nitrogens with zero attached hydrogens (tertiary/aromatic N) is 2. The van der Waals surface area contributed by atoms with Gasteiger partial charge in [0.05, 0.1) is 6.21 Å². The minimum absolute atomic E-state index is 0.184. The van der Waals surface area contributed by atoms with Gasteiger partial charge in [0.2, 0.25) is 5.91 Å². The molecule has 22 heavy (non-hydrogen) atoms. The summed E-state index contributed by atoms with van der Waals surface area (Å²) < 4.78 is 5.78. The van der Waals surface area contributed by atoms with Gasteiger partial charge in [0.1, 0.15) is 12.4 Å². The molecule has 5 heteroatoms. The minimum atomic E-state index is -0.184. The standard InChI is InChI=1S/C17H27N3O2/c1-13(2)20(14(3)4)10-11-22-17-8-6-16(7-9-17)12-18-19-15(5)21/h6-9,12-14H,10-11H2,1-5H3,(H,19,21)/b18-12+. The fourth-order valence-electron chi connectivity index (χ4n) is 2.23. The van der Waals surface area contributed by atoms with Gasteiger partial charge >= 0.3 is 0 Å². The topological polar surface area (TPSA) is 53.9 Å². The van der Waals surface area contributed by atoms with Crippen LogP contribution in [0.5, 0.6) is 5.75 Å². The molecule has 0 saturated carbocycles. The Hall–Kier alpha value is -1.88. The van der Waals surface area contributed by atoms with Crippen LogP contribution in [0.3, 0.4) is 0 Å². The van der Waals surface area contributed by atoms with E-state index in [-0.39, 0.29) is 5.91 Å². The average molecular weight is 305 g/mol. The highest BCUT2D eigenvalue weighted by Gasteiger charge is 2.12. The lowest BCUT2D eigenvalue weighted by atomic mass is 10.2. The number of nitrogens with one attached hydrogen (secondary N) is 1. The maximum Gasteiger partial charge on any atom is 0.236 e. The Bertz CT molecular complexity index is 473. The Morgan fingerprint density at radius 2 is 1.82 bits per heavy atom. The van der Waals surface area contributed by atoms with Gasteiger partial charge in [0, 0.05) is 25.6 Å². The van der Waals surface area contributed by atoms with Crippen molar-refractivity contribution >= 4 is 12.1 Å². The van der Waals surface area contributed by atoms with E-state index in [9.17, 15) is 4.79 Å². The summed E-state index contributed by atoms with van der Waals surface area (Å²) in [6.45, 7) is 11.8. The Labute approximate surface area is 133 Å². The number of carbonyl (C=O) groups is 1. The van der Waals surface area contributed by atoms with Gasteiger partial charge < -0.3 is 4.74 Å². The van der Waals surface area contributed by atoms with E-state index in [1.807, 2.05) is 24.3 Å². The summed E-state index contributed by atoms with van der Waals surface area (Å²) in [7, 11) is 0. The van der Waals surface area contributed by atoms with Crippen molar-refractivity contribution in [3.05, 3.63) is 29.8 Å². The van der Waals surface area contributed by atoms with Gasteiger partial charge in [-0.05, 0) is 57.5 Å². The molecule has 1 aromatic carbocycles. The number of amides is 1. The average Bonchev–Trinajstić information content (AvgIpc) is 2.44. The van der Waals surface area contributed by atoms with E-state index >= 15 is 0 Å². The second-order valence-corrected chi connectivity index (χ2v) is 5.77. The van der Waals surface area contributed by atoms with Gasteiger partial charge in [-0.3, -0.25) is 9.69 Å². The van der Waals surface area contributed by atoms with E-state index in [4.69, 9.17) is 4.74 Å². The summed E-state index contributed by atoms with van der Waals surface area (Å²) >= 11 is 0. The number of rotatable bonds is 8. The largest absolute Gasteiger partial charge is 0.492 e. The van der Waals surface area contributed by atoms with Crippen molar-refractivity contribution in [1.29, 1.82) is 0 Å². The molecule has 0 unspecified atom stereocenters. The first kappa shape index (κ1) is 18.2. The predicted molar refractivity (Wildman–Crippen MR) is 90.3 cm³/mol. The van der Waals surface area contributed by atoms with Crippen LogP contribution in [0.1, 0.15) is 40.2 Å². The second-order valence-electron chi connectivity index (χ2n) is 5.77. The van der Waals surface area contributed by atoms with E-state index in [0.717, 1.165) is 17.9 Å². The van der Waals surface area contributed by atoms with Crippen molar-refractivity contribution in [2.75, 3.05) is 13.2 Å². The Balaban J connectivity index is 2.44. The molecule has 0 fully saturated rings. The molecule has 0 aliphatic heterocycles. The van der Waals surface area contributed by atoms with Crippen LogP contribution in [0.25, 0.3) is 0 Å². The molecule has 0 atom stereocenters. The van der Waals surface area contributed by atoms with E-state index in [0.29, 0.717) is 18.7 Å². The summed E-state index contributed by atoms with van der Waals surface area (Å²) in [4.78, 5) is 13.1. The van der Waals surface area contributed by atoms with E-state index in [1.165, 1.54) is 6.92 Å². The van der Waals surface area contributed by atoms with Crippen LogP contribution >= 0.6 is 0 Å². The van der Waals surface area contributed by atoms with E-state index in [2.05, 4.69) is 43.1 Å². The van der Waals surface area contributed by atoms with Crippen molar-refractivity contribution < 1.29 is 9.53 Å². The summed E-state index contributed by atoms with van der Waals surface area (Å²) in [5.74, 6) is 0.653. The smallest absolute Gasteiger partial charge is 0.236 e. The molecule has 0 aliphatic carbocycles. The number of benzene rings is 1. The predicted octanol–water partition coefficient (Wildman–Crippen LogP) is 2.65. The summed E-state index contributed by atoms with van der Waals surface area (Å²) in [5, 5.41) is 3.82. The van der Waals surface area contributed by atoms with Gasteiger partial charge in [-0.15, -0.1) is 0 Å². The molecule has 0 heterocycles. The van der Waals surface area contributed by atoms with Crippen LogP contribution in [0.2, 0.25) is 0 Å². The number of ether oxygens (including phenoxy) is 1. The molecule has 0 spiro atoms. The monoisotopic (exact) mass is 305 g/mol. The lowest BCUT2D eigenvalue weighted by Crippen LogP contribution is -2.39. The molecule has 1 aromatic rings. The summed E-state index contributed by atoms with van der Waals surface area (Å²) in [6.07, 6.45) is 1.60. The van der Waals surface area contributed by atoms with Crippen LogP contribution in [-0.4, -0.2) is 42.3 Å². The molecule has 0 aliphatic rings. The highest BCUT2D eigenvalue weighted by molar-refractivity contribution is 5.81. The highest BCUT2D eigenvalue weighted by Crippen LogP contribution is 2.12. The van der Waals surface area contributed by atoms with Crippen LogP contribution in [0, 0.1) is 0 Å². The van der Waals surface area contributed by atoms with Crippen molar-refractivity contribution in [3.8, 4) is 5.75 Å². The number of hydrogen-bond donors (Lipinski definition) is 1. The number of hydrazone groups is 1. The van der Waals surface area contributed by atoms with E-state index < -0.39 is 0 Å². The van der Waals surface area contributed by atoms with Crippen molar-refractivity contribution in [3.63, 3.8) is 0 Å². The lowest BCUT2D eigenvalue weighted by molar-refractivity contribution is -0.118. The molecule has 122 valence electrons. The van der Waals surface area contributed by atoms with Crippen LogP contribution in [0.4, 0.5) is 0 Å². The van der Waals surface area contributed by atoms with Crippen molar-refractivity contribution in [2.45, 2.75) is 46.7 Å². The molecule has 5 nitrogen and oxygen atoms in total. The first-order chi connectivity index (χ1) is 10.4. The van der Waals surface area contributed by atoms with Gasteiger partial charge in [0.15, 0.2) is 0 Å². The highest BCUT2D eigenvalue weighted by atomic mass is 16.5. The van der Waals surface area contributed by atoms with Crippen LogP contribution < -0.4 is 10.2 Å².